The lowest BCUT2D eigenvalue weighted by Gasteiger charge is -2.07. The molecule has 5 heteroatoms. The summed E-state index contributed by atoms with van der Waals surface area (Å²) in [7, 11) is 0. The number of carbonyl (C=O) groups excluding carboxylic acids is 1. The van der Waals surface area contributed by atoms with E-state index in [1.807, 2.05) is 0 Å². The molecular weight excluding hydrogens is 261 g/mol. The van der Waals surface area contributed by atoms with Crippen molar-refractivity contribution in [2.75, 3.05) is 12.3 Å². The van der Waals surface area contributed by atoms with Gasteiger partial charge in [0.15, 0.2) is 0 Å². The van der Waals surface area contributed by atoms with Gasteiger partial charge in [-0.05, 0) is 24.5 Å². The Balaban J connectivity index is 1.97. The molecule has 1 fully saturated rings. The molecule has 0 aromatic heterocycles. The minimum atomic E-state index is -0.408. The van der Waals surface area contributed by atoms with Crippen molar-refractivity contribution in [2.24, 2.45) is 5.92 Å². The fourth-order valence-electron chi connectivity index (χ4n) is 1.51. The maximum Gasteiger partial charge on any atom is 0.338 e. The van der Waals surface area contributed by atoms with Gasteiger partial charge in [-0.2, -0.15) is 0 Å². The minimum Gasteiger partial charge on any atom is -0.462 e. The van der Waals surface area contributed by atoms with Gasteiger partial charge in [0.25, 0.3) is 0 Å². The molecular formula is C12H13Cl2NO2. The Morgan fingerprint density at radius 3 is 2.47 bits per heavy atom. The van der Waals surface area contributed by atoms with Crippen molar-refractivity contribution in [1.82, 2.24) is 0 Å². The molecule has 17 heavy (non-hydrogen) atoms. The molecule has 2 rings (SSSR count). The Morgan fingerprint density at radius 1 is 1.35 bits per heavy atom. The van der Waals surface area contributed by atoms with Crippen LogP contribution in [-0.4, -0.2) is 12.6 Å². The third-order valence-corrected chi connectivity index (χ3v) is 3.40. The second-order valence-corrected chi connectivity index (χ2v) is 5.04. The fraction of sp³-hybridized carbons (Fsp3) is 0.417. The lowest BCUT2D eigenvalue weighted by atomic mass is 10.2. The lowest BCUT2D eigenvalue weighted by molar-refractivity contribution is 0.0495. The zero-order valence-corrected chi connectivity index (χ0v) is 10.7. The lowest BCUT2D eigenvalue weighted by Crippen LogP contribution is -2.07. The highest BCUT2D eigenvalue weighted by Crippen LogP contribution is 2.32. The van der Waals surface area contributed by atoms with Gasteiger partial charge in [0.1, 0.15) is 0 Å². The van der Waals surface area contributed by atoms with Crippen LogP contribution in [0.5, 0.6) is 0 Å². The van der Waals surface area contributed by atoms with Crippen LogP contribution in [0.1, 0.15) is 29.6 Å². The molecule has 0 bridgehead atoms. The molecule has 0 spiro atoms. The van der Waals surface area contributed by atoms with Crippen LogP contribution in [-0.2, 0) is 4.74 Å². The van der Waals surface area contributed by atoms with Crippen LogP contribution in [0.3, 0.4) is 0 Å². The number of halogens is 2. The second kappa shape index (κ2) is 5.15. The molecule has 0 amide bonds. The summed E-state index contributed by atoms with van der Waals surface area (Å²) in [5.41, 5.74) is 6.20. The van der Waals surface area contributed by atoms with Crippen molar-refractivity contribution in [3.8, 4) is 0 Å². The normalized spacial score (nSPS) is 14.7. The van der Waals surface area contributed by atoms with Gasteiger partial charge in [-0.1, -0.05) is 36.0 Å². The molecule has 0 aliphatic heterocycles. The molecule has 2 N–H and O–H groups in total. The number of anilines is 1. The summed E-state index contributed by atoms with van der Waals surface area (Å²) < 4.78 is 5.13. The average molecular weight is 274 g/mol. The maximum atomic E-state index is 11.7. The predicted octanol–water partition coefficient (Wildman–Crippen LogP) is 3.53. The van der Waals surface area contributed by atoms with Gasteiger partial charge in [-0.15, -0.1) is 0 Å². The highest BCUT2D eigenvalue weighted by molar-refractivity contribution is 6.39. The molecule has 1 aromatic carbocycles. The third-order valence-electron chi connectivity index (χ3n) is 2.77. The van der Waals surface area contributed by atoms with Gasteiger partial charge < -0.3 is 10.5 Å². The van der Waals surface area contributed by atoms with Crippen molar-refractivity contribution >= 4 is 34.9 Å². The van der Waals surface area contributed by atoms with Crippen molar-refractivity contribution in [1.29, 1.82) is 0 Å². The molecule has 0 radical (unpaired) electrons. The monoisotopic (exact) mass is 273 g/mol. The molecule has 1 aromatic rings. The van der Waals surface area contributed by atoms with E-state index in [1.165, 1.54) is 25.0 Å². The number of ether oxygens (including phenoxy) is 1. The highest BCUT2D eigenvalue weighted by atomic mass is 35.5. The van der Waals surface area contributed by atoms with E-state index in [4.69, 9.17) is 33.7 Å². The molecule has 0 heterocycles. The molecule has 3 nitrogen and oxygen atoms in total. The first-order valence-electron chi connectivity index (χ1n) is 5.49. The first-order valence-corrected chi connectivity index (χ1v) is 6.25. The van der Waals surface area contributed by atoms with E-state index < -0.39 is 5.97 Å². The van der Waals surface area contributed by atoms with Gasteiger partial charge in [-0.25, -0.2) is 4.79 Å². The largest absolute Gasteiger partial charge is 0.462 e. The van der Waals surface area contributed by atoms with Crippen molar-refractivity contribution < 1.29 is 9.53 Å². The number of esters is 1. The standard InChI is InChI=1S/C12H13Cl2NO2/c13-9-5-8(6-10(14)11(9)15)12(16)17-4-3-7-1-2-7/h5-7H,1-4,15H2. The Kier molecular flexibility index (Phi) is 3.79. The van der Waals surface area contributed by atoms with E-state index in [9.17, 15) is 4.79 Å². The van der Waals surface area contributed by atoms with Crippen LogP contribution >= 0.6 is 23.2 Å². The highest BCUT2D eigenvalue weighted by Gasteiger charge is 2.21. The number of benzene rings is 1. The average Bonchev–Trinajstić information content (AvgIpc) is 3.09. The van der Waals surface area contributed by atoms with Crippen molar-refractivity contribution in [3.63, 3.8) is 0 Å². The SMILES string of the molecule is Nc1c(Cl)cc(C(=O)OCCC2CC2)cc1Cl. The Morgan fingerprint density at radius 2 is 1.94 bits per heavy atom. The first kappa shape index (κ1) is 12.5. The van der Waals surface area contributed by atoms with Crippen LogP contribution in [0.4, 0.5) is 5.69 Å². The van der Waals surface area contributed by atoms with E-state index in [0.29, 0.717) is 12.2 Å². The second-order valence-electron chi connectivity index (χ2n) is 4.22. The Bertz CT molecular complexity index is 421. The number of carbonyl (C=O) groups is 1. The Hall–Kier alpha value is -0.930. The first-order chi connectivity index (χ1) is 8.08. The van der Waals surface area contributed by atoms with E-state index in [2.05, 4.69) is 0 Å². The van der Waals surface area contributed by atoms with Gasteiger partial charge in [0, 0.05) is 0 Å². The Labute approximate surface area is 110 Å². The van der Waals surface area contributed by atoms with Gasteiger partial charge in [0.05, 0.1) is 27.9 Å². The minimum absolute atomic E-state index is 0.270. The predicted molar refractivity (Wildman–Crippen MR) is 68.5 cm³/mol. The van der Waals surface area contributed by atoms with Crippen LogP contribution in [0, 0.1) is 5.92 Å². The smallest absolute Gasteiger partial charge is 0.338 e. The third kappa shape index (κ3) is 3.27. The fourth-order valence-corrected chi connectivity index (χ4v) is 2.00. The molecule has 1 aliphatic carbocycles. The van der Waals surface area contributed by atoms with Crippen LogP contribution in [0.2, 0.25) is 10.0 Å². The summed E-state index contributed by atoms with van der Waals surface area (Å²) >= 11 is 11.7. The van der Waals surface area contributed by atoms with Gasteiger partial charge in [0.2, 0.25) is 0 Å². The number of hydrogen-bond donors (Lipinski definition) is 1. The molecule has 0 unspecified atom stereocenters. The molecule has 1 aliphatic rings. The van der Waals surface area contributed by atoms with Crippen LogP contribution in [0.25, 0.3) is 0 Å². The van der Waals surface area contributed by atoms with E-state index in [0.717, 1.165) is 12.3 Å². The number of rotatable bonds is 4. The molecule has 0 saturated heterocycles. The quantitative estimate of drug-likeness (QED) is 0.675. The van der Waals surface area contributed by atoms with Gasteiger partial charge in [-0.3, -0.25) is 0 Å². The summed E-state index contributed by atoms with van der Waals surface area (Å²) in [6.45, 7) is 0.448. The van der Waals surface area contributed by atoms with E-state index >= 15 is 0 Å². The topological polar surface area (TPSA) is 52.3 Å². The number of hydrogen-bond acceptors (Lipinski definition) is 3. The summed E-state index contributed by atoms with van der Waals surface area (Å²) in [5.74, 6) is 0.329. The van der Waals surface area contributed by atoms with Crippen molar-refractivity contribution in [3.05, 3.63) is 27.7 Å². The molecule has 92 valence electrons. The van der Waals surface area contributed by atoms with E-state index in [-0.39, 0.29) is 15.7 Å². The number of nitrogens with two attached hydrogens (primary N) is 1. The maximum absolute atomic E-state index is 11.7. The zero-order valence-electron chi connectivity index (χ0n) is 9.21. The molecule has 1 saturated carbocycles. The summed E-state index contributed by atoms with van der Waals surface area (Å²) in [5, 5.41) is 0.540. The summed E-state index contributed by atoms with van der Waals surface area (Å²) in [6, 6.07) is 2.95. The van der Waals surface area contributed by atoms with Crippen molar-refractivity contribution in [2.45, 2.75) is 19.3 Å². The van der Waals surface area contributed by atoms with E-state index in [1.54, 1.807) is 0 Å². The van der Waals surface area contributed by atoms with Crippen LogP contribution in [0.15, 0.2) is 12.1 Å². The molecule has 0 atom stereocenters. The van der Waals surface area contributed by atoms with Crippen LogP contribution < -0.4 is 5.73 Å². The zero-order chi connectivity index (χ0) is 12.4. The summed E-state index contributed by atoms with van der Waals surface area (Å²) in [6.07, 6.45) is 3.43. The van der Waals surface area contributed by atoms with Gasteiger partial charge >= 0.3 is 5.97 Å². The summed E-state index contributed by atoms with van der Waals surface area (Å²) in [4.78, 5) is 11.7. The number of nitrogen functional groups attached to an aromatic ring is 1.